The second-order valence-corrected chi connectivity index (χ2v) is 17.4. The van der Waals surface area contributed by atoms with Crippen molar-refractivity contribution in [2.24, 2.45) is 0 Å². The Balaban J connectivity index is 0.968. The van der Waals surface area contributed by atoms with E-state index in [1.54, 1.807) is 0 Å². The Labute approximate surface area is 381 Å². The fraction of sp³-hybridized carbons (Fsp3) is 0.0312. The minimum Gasteiger partial charge on any atom is -0.310 e. The van der Waals surface area contributed by atoms with Gasteiger partial charge in [0.25, 0.3) is 0 Å². The minimum absolute atomic E-state index is 0.292. The molecule has 1 aliphatic rings. The fourth-order valence-corrected chi connectivity index (χ4v) is 10.4. The first-order chi connectivity index (χ1) is 32.1. The first kappa shape index (κ1) is 38.4. The number of para-hydroxylation sites is 1. The van der Waals surface area contributed by atoms with Gasteiger partial charge in [0.2, 0.25) is 0 Å². The SMILES string of the molecule is CC1(c2ccccc2)c2ccccc2-c2c(-c3ccccc3N(c3ccc(-c4ccc(-c5ccc6ccccc6c5)cc4)cc3)c3ccc(-c4ccc5ccccc5c4)cc3)cccc21. The molecule has 0 radical (unpaired) electrons. The smallest absolute Gasteiger partial charge is 0.0540 e. The molecule has 0 spiro atoms. The summed E-state index contributed by atoms with van der Waals surface area (Å²) in [5, 5.41) is 5.01. The van der Waals surface area contributed by atoms with Crippen LogP contribution in [0, 0.1) is 0 Å². The van der Waals surface area contributed by atoms with Gasteiger partial charge in [0, 0.05) is 22.4 Å². The van der Waals surface area contributed by atoms with Gasteiger partial charge in [-0.1, -0.05) is 212 Å². The van der Waals surface area contributed by atoms with Crippen LogP contribution in [0.1, 0.15) is 23.6 Å². The zero-order valence-corrected chi connectivity index (χ0v) is 36.2. The molecule has 0 aliphatic heterocycles. The van der Waals surface area contributed by atoms with Gasteiger partial charge < -0.3 is 4.90 Å². The molecule has 0 heterocycles. The summed E-state index contributed by atoms with van der Waals surface area (Å²) < 4.78 is 0. The summed E-state index contributed by atoms with van der Waals surface area (Å²) in [5.74, 6) is 0. The third-order valence-electron chi connectivity index (χ3n) is 13.8. The van der Waals surface area contributed by atoms with Gasteiger partial charge in [-0.3, -0.25) is 0 Å². The zero-order chi connectivity index (χ0) is 43.3. The molecule has 1 unspecified atom stereocenters. The third kappa shape index (κ3) is 6.64. The molecule has 11 aromatic rings. The van der Waals surface area contributed by atoms with Crippen LogP contribution >= 0.6 is 0 Å². The molecule has 0 bridgehead atoms. The Morgan fingerprint density at radius 2 is 0.708 bits per heavy atom. The molecule has 1 nitrogen and oxygen atoms in total. The van der Waals surface area contributed by atoms with E-state index in [4.69, 9.17) is 0 Å². The molecule has 1 aliphatic carbocycles. The molecule has 11 aromatic carbocycles. The van der Waals surface area contributed by atoms with Crippen molar-refractivity contribution in [3.63, 3.8) is 0 Å². The van der Waals surface area contributed by atoms with Gasteiger partial charge in [-0.25, -0.2) is 0 Å². The van der Waals surface area contributed by atoms with Crippen molar-refractivity contribution in [3.05, 3.63) is 271 Å². The van der Waals surface area contributed by atoms with Gasteiger partial charge >= 0.3 is 0 Å². The number of hydrogen-bond acceptors (Lipinski definition) is 1. The van der Waals surface area contributed by atoms with E-state index in [1.807, 2.05) is 0 Å². The molecule has 65 heavy (non-hydrogen) atoms. The van der Waals surface area contributed by atoms with Crippen LogP contribution in [0.3, 0.4) is 0 Å². The number of rotatable bonds is 8. The lowest BCUT2D eigenvalue weighted by Gasteiger charge is -2.30. The maximum atomic E-state index is 2.43. The zero-order valence-electron chi connectivity index (χ0n) is 36.2. The summed E-state index contributed by atoms with van der Waals surface area (Å²) in [6.07, 6.45) is 0. The van der Waals surface area contributed by atoms with Crippen molar-refractivity contribution in [2.75, 3.05) is 4.90 Å². The van der Waals surface area contributed by atoms with Crippen LogP contribution in [-0.4, -0.2) is 0 Å². The highest BCUT2D eigenvalue weighted by Gasteiger charge is 2.42. The molecule has 1 heteroatoms. The van der Waals surface area contributed by atoms with Crippen LogP contribution in [0.2, 0.25) is 0 Å². The van der Waals surface area contributed by atoms with Crippen LogP contribution in [-0.2, 0) is 5.41 Å². The van der Waals surface area contributed by atoms with Crippen molar-refractivity contribution in [3.8, 4) is 55.6 Å². The molecule has 0 fully saturated rings. The molecular formula is C64H45N. The summed E-state index contributed by atoms with van der Waals surface area (Å²) in [6, 6.07) is 93.6. The monoisotopic (exact) mass is 827 g/mol. The Kier molecular flexibility index (Phi) is 9.35. The third-order valence-corrected chi connectivity index (χ3v) is 13.8. The maximum Gasteiger partial charge on any atom is 0.0540 e. The number of fused-ring (bicyclic) bond motifs is 5. The van der Waals surface area contributed by atoms with Crippen molar-refractivity contribution in [1.82, 2.24) is 0 Å². The molecule has 0 amide bonds. The van der Waals surface area contributed by atoms with E-state index in [9.17, 15) is 0 Å². The lowest BCUT2D eigenvalue weighted by Crippen LogP contribution is -2.22. The van der Waals surface area contributed by atoms with Gasteiger partial charge in [-0.2, -0.15) is 0 Å². The lowest BCUT2D eigenvalue weighted by atomic mass is 9.74. The normalized spacial score (nSPS) is 14.0. The first-order valence-electron chi connectivity index (χ1n) is 22.6. The van der Waals surface area contributed by atoms with Crippen LogP contribution in [0.5, 0.6) is 0 Å². The van der Waals surface area contributed by atoms with E-state index in [-0.39, 0.29) is 5.41 Å². The second-order valence-electron chi connectivity index (χ2n) is 17.4. The van der Waals surface area contributed by atoms with E-state index in [1.165, 1.54) is 93.9 Å². The highest BCUT2D eigenvalue weighted by atomic mass is 15.1. The van der Waals surface area contributed by atoms with E-state index in [0.717, 1.165) is 17.1 Å². The fourth-order valence-electron chi connectivity index (χ4n) is 10.4. The Morgan fingerprint density at radius 3 is 1.29 bits per heavy atom. The molecular weight excluding hydrogens is 783 g/mol. The van der Waals surface area contributed by atoms with Crippen LogP contribution in [0.4, 0.5) is 17.1 Å². The molecule has 1 atom stereocenters. The van der Waals surface area contributed by atoms with Crippen LogP contribution < -0.4 is 4.90 Å². The quantitative estimate of drug-likeness (QED) is 0.147. The highest BCUT2D eigenvalue weighted by Crippen LogP contribution is 2.56. The Bertz CT molecular complexity index is 3530. The van der Waals surface area contributed by atoms with Gasteiger partial charge in [-0.15, -0.1) is 0 Å². The molecule has 0 aromatic heterocycles. The molecule has 306 valence electrons. The van der Waals surface area contributed by atoms with Crippen LogP contribution in [0.15, 0.2) is 255 Å². The van der Waals surface area contributed by atoms with Gasteiger partial charge in [0.05, 0.1) is 5.69 Å². The Hall–Kier alpha value is -8.26. The van der Waals surface area contributed by atoms with Crippen molar-refractivity contribution in [1.29, 1.82) is 0 Å². The van der Waals surface area contributed by atoms with E-state index in [0.29, 0.717) is 0 Å². The highest BCUT2D eigenvalue weighted by molar-refractivity contribution is 5.99. The molecule has 12 rings (SSSR count). The number of anilines is 3. The topological polar surface area (TPSA) is 3.24 Å². The van der Waals surface area contributed by atoms with Gasteiger partial charge in [-0.05, 0) is 138 Å². The molecule has 0 saturated heterocycles. The standard InChI is InChI=1S/C64H45N/c1-64(54-18-3-2-4-19-54)60-23-11-9-21-59(60)63-58(22-13-24-61(63)64)57-20-10-12-25-62(57)65(56-40-36-49(37-41-56)53-33-31-45-15-6-8-17-51(45)43-53)55-38-34-47(35-39-55)46-26-28-48(29-27-46)52-32-30-44-14-5-7-16-50(44)42-52/h2-43H,1H3. The summed E-state index contributed by atoms with van der Waals surface area (Å²) in [6.45, 7) is 2.39. The van der Waals surface area contributed by atoms with Crippen molar-refractivity contribution >= 4 is 38.6 Å². The Morgan fingerprint density at radius 1 is 0.292 bits per heavy atom. The van der Waals surface area contributed by atoms with Gasteiger partial charge in [0.15, 0.2) is 0 Å². The van der Waals surface area contributed by atoms with Crippen molar-refractivity contribution < 1.29 is 0 Å². The van der Waals surface area contributed by atoms with Crippen molar-refractivity contribution in [2.45, 2.75) is 12.3 Å². The van der Waals surface area contributed by atoms with E-state index >= 15 is 0 Å². The first-order valence-corrected chi connectivity index (χ1v) is 22.6. The number of benzene rings is 11. The number of hydrogen-bond donors (Lipinski definition) is 0. The van der Waals surface area contributed by atoms with Crippen LogP contribution in [0.25, 0.3) is 77.2 Å². The molecule has 0 saturated carbocycles. The minimum atomic E-state index is -0.292. The summed E-state index contributed by atoms with van der Waals surface area (Å²) in [5.41, 5.74) is 19.2. The predicted octanol–water partition coefficient (Wildman–Crippen LogP) is 17.5. The van der Waals surface area contributed by atoms with E-state index in [2.05, 4.69) is 267 Å². The van der Waals surface area contributed by atoms with Gasteiger partial charge in [0.1, 0.15) is 0 Å². The number of nitrogens with zero attached hydrogens (tertiary/aromatic N) is 1. The second kappa shape index (κ2) is 15.8. The predicted molar refractivity (Wildman–Crippen MR) is 275 cm³/mol. The van der Waals surface area contributed by atoms with E-state index < -0.39 is 0 Å². The maximum absolute atomic E-state index is 2.43. The summed E-state index contributed by atoms with van der Waals surface area (Å²) >= 11 is 0. The largest absolute Gasteiger partial charge is 0.310 e. The lowest BCUT2D eigenvalue weighted by molar-refractivity contribution is 0.714. The molecule has 0 N–H and O–H groups in total. The summed E-state index contributed by atoms with van der Waals surface area (Å²) in [7, 11) is 0. The average molecular weight is 828 g/mol. The average Bonchev–Trinajstić information content (AvgIpc) is 3.65. The summed E-state index contributed by atoms with van der Waals surface area (Å²) in [4.78, 5) is 2.43.